The fraction of sp³-hybridized carbons (Fsp3) is 0.250. The maximum Gasteiger partial charge on any atom is 0.146 e. The highest BCUT2D eigenvalue weighted by Crippen LogP contribution is 2.16. The number of benzene rings is 1. The second-order valence-corrected chi connectivity index (χ2v) is 3.91. The lowest BCUT2D eigenvalue weighted by Crippen LogP contribution is -1.94. The summed E-state index contributed by atoms with van der Waals surface area (Å²) in [5.41, 5.74) is 1.75. The molecule has 0 N–H and O–H groups in total. The third kappa shape index (κ3) is 3.00. The van der Waals surface area contributed by atoms with Crippen molar-refractivity contribution < 1.29 is 4.79 Å². The van der Waals surface area contributed by atoms with E-state index in [1.54, 1.807) is 0 Å². The molecule has 0 aliphatic carbocycles. The van der Waals surface area contributed by atoms with E-state index >= 15 is 0 Å². The van der Waals surface area contributed by atoms with Gasteiger partial charge in [0.25, 0.3) is 0 Å². The van der Waals surface area contributed by atoms with Gasteiger partial charge in [-0.3, -0.25) is 4.79 Å². The number of rotatable bonds is 3. The first-order valence-corrected chi connectivity index (χ1v) is 4.93. The van der Waals surface area contributed by atoms with Crippen LogP contribution < -0.4 is 0 Å². The fourth-order valence-electron chi connectivity index (χ4n) is 1.13. The van der Waals surface area contributed by atoms with Crippen molar-refractivity contribution in [2.75, 3.05) is 0 Å². The molecule has 0 spiro atoms. The minimum Gasteiger partial charge on any atom is -0.298 e. The van der Waals surface area contributed by atoms with Crippen LogP contribution in [-0.4, -0.2) is 6.29 Å². The molecule has 2 heteroatoms. The van der Waals surface area contributed by atoms with E-state index in [9.17, 15) is 4.79 Å². The molecule has 1 aromatic rings. The molecule has 0 amide bonds. The Morgan fingerprint density at radius 1 is 1.43 bits per heavy atom. The topological polar surface area (TPSA) is 17.1 Å². The Morgan fingerprint density at radius 3 is 2.64 bits per heavy atom. The summed E-state index contributed by atoms with van der Waals surface area (Å²) in [4.78, 5) is 10.7. The Balaban J connectivity index is 3.00. The molecule has 0 heterocycles. The quantitative estimate of drug-likeness (QED) is 0.548. The molecule has 0 atom stereocenters. The van der Waals surface area contributed by atoms with Gasteiger partial charge in [0.05, 0.1) is 0 Å². The Bertz CT molecular complexity index is 353. The molecule has 1 rings (SSSR count). The van der Waals surface area contributed by atoms with E-state index in [0.29, 0.717) is 5.02 Å². The molecule has 0 aromatic heterocycles. The molecule has 0 fully saturated rings. The lowest BCUT2D eigenvalue weighted by Gasteiger charge is -2.03. The van der Waals surface area contributed by atoms with Gasteiger partial charge in [-0.1, -0.05) is 37.6 Å². The van der Waals surface area contributed by atoms with E-state index in [-0.39, 0.29) is 5.92 Å². The monoisotopic (exact) mass is 208 g/mol. The summed E-state index contributed by atoms with van der Waals surface area (Å²) in [5.74, 6) is 0.242. The van der Waals surface area contributed by atoms with Crippen LogP contribution in [0.3, 0.4) is 0 Å². The van der Waals surface area contributed by atoms with Crippen LogP contribution in [0.15, 0.2) is 29.8 Å². The summed E-state index contributed by atoms with van der Waals surface area (Å²) in [6, 6.07) is 7.46. The molecule has 0 aliphatic heterocycles. The Hall–Kier alpha value is -1.08. The van der Waals surface area contributed by atoms with Gasteiger partial charge in [-0.05, 0) is 35.3 Å². The van der Waals surface area contributed by atoms with E-state index in [0.717, 1.165) is 17.4 Å². The summed E-state index contributed by atoms with van der Waals surface area (Å²) in [7, 11) is 0. The van der Waals surface area contributed by atoms with E-state index in [1.807, 2.05) is 44.2 Å². The summed E-state index contributed by atoms with van der Waals surface area (Å²) in [5, 5.41) is 0.688. The minimum absolute atomic E-state index is 0.242. The molecule has 0 aliphatic rings. The van der Waals surface area contributed by atoms with Gasteiger partial charge in [0.2, 0.25) is 0 Å². The van der Waals surface area contributed by atoms with Crippen molar-refractivity contribution in [3.63, 3.8) is 0 Å². The first-order valence-electron chi connectivity index (χ1n) is 4.56. The van der Waals surface area contributed by atoms with Crippen molar-refractivity contribution in [2.45, 2.75) is 13.8 Å². The smallest absolute Gasteiger partial charge is 0.146 e. The van der Waals surface area contributed by atoms with Gasteiger partial charge in [0, 0.05) is 5.02 Å². The van der Waals surface area contributed by atoms with Gasteiger partial charge in [0.15, 0.2) is 0 Å². The largest absolute Gasteiger partial charge is 0.298 e. The lowest BCUT2D eigenvalue weighted by atomic mass is 10.0. The molecule has 1 aromatic carbocycles. The second-order valence-electron chi connectivity index (χ2n) is 3.47. The molecule has 1 nitrogen and oxygen atoms in total. The van der Waals surface area contributed by atoms with Crippen molar-refractivity contribution in [2.24, 2.45) is 5.92 Å². The predicted molar refractivity (Wildman–Crippen MR) is 60.3 cm³/mol. The third-order valence-electron chi connectivity index (χ3n) is 1.98. The first-order chi connectivity index (χ1) is 6.63. The average molecular weight is 209 g/mol. The van der Waals surface area contributed by atoms with Crippen molar-refractivity contribution >= 4 is 24.0 Å². The molecule has 0 saturated heterocycles. The zero-order chi connectivity index (χ0) is 10.6. The highest BCUT2D eigenvalue weighted by molar-refractivity contribution is 6.30. The first kappa shape index (κ1) is 11.0. The normalized spacial score (nSPS) is 11.9. The van der Waals surface area contributed by atoms with E-state index in [4.69, 9.17) is 11.6 Å². The molecule has 74 valence electrons. The van der Waals surface area contributed by atoms with E-state index < -0.39 is 0 Å². The van der Waals surface area contributed by atoms with E-state index in [1.165, 1.54) is 0 Å². The van der Waals surface area contributed by atoms with Gasteiger partial charge < -0.3 is 0 Å². The highest BCUT2D eigenvalue weighted by Gasteiger charge is 2.01. The van der Waals surface area contributed by atoms with Crippen LogP contribution >= 0.6 is 11.6 Å². The lowest BCUT2D eigenvalue weighted by molar-refractivity contribution is -0.105. The molecule has 14 heavy (non-hydrogen) atoms. The molecular weight excluding hydrogens is 196 g/mol. The molecule has 0 saturated carbocycles. The van der Waals surface area contributed by atoms with Crippen LogP contribution in [0.4, 0.5) is 0 Å². The number of aldehydes is 1. The summed E-state index contributed by atoms with van der Waals surface area (Å²) < 4.78 is 0. The summed E-state index contributed by atoms with van der Waals surface area (Å²) in [6.07, 6.45) is 2.76. The number of carbonyl (C=O) groups is 1. The Morgan fingerprint density at radius 2 is 2.14 bits per heavy atom. The maximum absolute atomic E-state index is 10.7. The van der Waals surface area contributed by atoms with Crippen molar-refractivity contribution in [3.8, 4) is 0 Å². The third-order valence-corrected chi connectivity index (χ3v) is 2.22. The van der Waals surface area contributed by atoms with Crippen molar-refractivity contribution in [1.29, 1.82) is 0 Å². The van der Waals surface area contributed by atoms with Gasteiger partial charge in [-0.25, -0.2) is 0 Å². The Kier molecular flexibility index (Phi) is 3.90. The van der Waals surface area contributed by atoms with Crippen LogP contribution in [0.1, 0.15) is 19.4 Å². The number of hydrogen-bond donors (Lipinski definition) is 0. The van der Waals surface area contributed by atoms with Crippen LogP contribution in [0.2, 0.25) is 5.02 Å². The number of allylic oxidation sites excluding steroid dienone is 1. The minimum atomic E-state index is 0.242. The second kappa shape index (κ2) is 4.97. The van der Waals surface area contributed by atoms with Gasteiger partial charge in [0.1, 0.15) is 6.29 Å². The van der Waals surface area contributed by atoms with Crippen molar-refractivity contribution in [3.05, 3.63) is 40.4 Å². The zero-order valence-electron chi connectivity index (χ0n) is 8.33. The van der Waals surface area contributed by atoms with Crippen LogP contribution in [0.25, 0.3) is 6.08 Å². The van der Waals surface area contributed by atoms with Crippen molar-refractivity contribution in [1.82, 2.24) is 0 Å². The fourth-order valence-corrected chi connectivity index (χ4v) is 1.32. The van der Waals surface area contributed by atoms with Gasteiger partial charge >= 0.3 is 0 Å². The molecular formula is C12H13ClO. The van der Waals surface area contributed by atoms with Gasteiger partial charge in [-0.2, -0.15) is 0 Å². The summed E-state index contributed by atoms with van der Waals surface area (Å²) in [6.45, 7) is 3.98. The van der Waals surface area contributed by atoms with Crippen LogP contribution in [0, 0.1) is 5.92 Å². The van der Waals surface area contributed by atoms with Gasteiger partial charge in [-0.15, -0.1) is 0 Å². The Labute approximate surface area is 89.4 Å². The summed E-state index contributed by atoms with van der Waals surface area (Å²) >= 11 is 5.83. The predicted octanol–water partition coefficient (Wildman–Crippen LogP) is 3.58. The number of carbonyl (C=O) groups excluding carboxylic acids is 1. The standard InChI is InChI=1S/C12H13ClO/c1-9(2)11(8-14)6-10-4-3-5-12(13)7-10/h3-9H,1-2H3/b11-6-. The highest BCUT2D eigenvalue weighted by atomic mass is 35.5. The zero-order valence-corrected chi connectivity index (χ0v) is 9.08. The SMILES string of the molecule is CC(C)/C(C=O)=C\c1cccc(Cl)c1. The molecule has 0 radical (unpaired) electrons. The van der Waals surface area contributed by atoms with Crippen LogP contribution in [-0.2, 0) is 4.79 Å². The maximum atomic E-state index is 10.7. The molecule has 0 bridgehead atoms. The number of halogens is 1. The van der Waals surface area contributed by atoms with Crippen LogP contribution in [0.5, 0.6) is 0 Å². The molecule has 0 unspecified atom stereocenters. The average Bonchev–Trinajstić information content (AvgIpc) is 2.14. The number of hydrogen-bond acceptors (Lipinski definition) is 1. The van der Waals surface area contributed by atoms with E-state index in [2.05, 4.69) is 0 Å².